The number of rotatable bonds is 9. The average Bonchev–Trinajstić information content (AvgIpc) is 2.73. The summed E-state index contributed by atoms with van der Waals surface area (Å²) in [4.78, 5) is 49.6. The van der Waals surface area contributed by atoms with Gasteiger partial charge in [0, 0.05) is 13.6 Å². The molecule has 0 amide bonds. The molecule has 0 aliphatic heterocycles. The Balaban J connectivity index is 2.24. The molecular formula is C21H27N3O7. The number of anilines is 1. The summed E-state index contributed by atoms with van der Waals surface area (Å²) in [7, 11) is 2.69. The molecule has 0 saturated carbocycles. The number of nitrogen functional groups attached to an aromatic ring is 1. The summed E-state index contributed by atoms with van der Waals surface area (Å²) in [5.74, 6) is -1.05. The largest absolute Gasteiger partial charge is 0.493 e. The molecule has 0 saturated heterocycles. The van der Waals surface area contributed by atoms with E-state index in [9.17, 15) is 19.2 Å². The highest BCUT2D eigenvalue weighted by Gasteiger charge is 2.23. The lowest BCUT2D eigenvalue weighted by molar-refractivity contribution is 0.0473. The smallest absolute Gasteiger partial charge is 0.338 e. The van der Waals surface area contributed by atoms with Crippen molar-refractivity contribution in [3.05, 3.63) is 50.2 Å². The minimum atomic E-state index is -0.840. The van der Waals surface area contributed by atoms with Crippen LogP contribution in [0.25, 0.3) is 0 Å². The molecule has 0 bridgehead atoms. The zero-order valence-electron chi connectivity index (χ0n) is 18.3. The molecule has 0 aliphatic carbocycles. The van der Waals surface area contributed by atoms with Crippen molar-refractivity contribution in [1.29, 1.82) is 0 Å². The van der Waals surface area contributed by atoms with Crippen LogP contribution in [0.1, 0.15) is 47.9 Å². The topological polar surface area (TPSA) is 132 Å². The van der Waals surface area contributed by atoms with E-state index in [0.717, 1.165) is 9.13 Å². The van der Waals surface area contributed by atoms with Crippen LogP contribution in [0.4, 0.5) is 5.82 Å². The van der Waals surface area contributed by atoms with Crippen molar-refractivity contribution in [1.82, 2.24) is 9.13 Å². The maximum atomic E-state index is 12.6. The zero-order chi connectivity index (χ0) is 23.3. The fourth-order valence-corrected chi connectivity index (χ4v) is 2.92. The molecule has 0 fully saturated rings. The molecule has 2 aromatic rings. The Kier molecular flexibility index (Phi) is 7.62. The van der Waals surface area contributed by atoms with Gasteiger partial charge >= 0.3 is 11.7 Å². The predicted octanol–water partition coefficient (Wildman–Crippen LogP) is 1.37. The second kappa shape index (κ2) is 9.96. The van der Waals surface area contributed by atoms with Crippen LogP contribution in [0.15, 0.2) is 27.8 Å². The lowest BCUT2D eigenvalue weighted by Crippen LogP contribution is -2.43. The van der Waals surface area contributed by atoms with E-state index in [2.05, 4.69) is 0 Å². The standard InChI is InChI=1S/C21H27N3O7/c1-6-9-24-18(22)17(19(26)23(4)21(24)28)14(25)11-30-20(27)13-7-8-15(31-12(2)3)16(10-13)29-5/h7-8,10,12H,6,9,11,22H2,1-5H3. The van der Waals surface area contributed by atoms with Crippen molar-refractivity contribution in [3.63, 3.8) is 0 Å². The Bertz CT molecular complexity index is 1100. The number of hydrogen-bond donors (Lipinski definition) is 1. The molecule has 2 N–H and O–H groups in total. The molecule has 31 heavy (non-hydrogen) atoms. The maximum Gasteiger partial charge on any atom is 0.338 e. The number of carbonyl (C=O) groups is 2. The maximum absolute atomic E-state index is 12.6. The Hall–Kier alpha value is -3.56. The SMILES string of the molecule is CCCn1c(N)c(C(=O)COC(=O)c2ccc(OC(C)C)c(OC)c2)c(=O)n(C)c1=O. The number of nitrogens with zero attached hydrogens (tertiary/aromatic N) is 2. The number of hydrogen-bond acceptors (Lipinski definition) is 8. The van der Waals surface area contributed by atoms with Gasteiger partial charge in [0.05, 0.1) is 18.8 Å². The predicted molar refractivity (Wildman–Crippen MR) is 114 cm³/mol. The van der Waals surface area contributed by atoms with Crippen molar-refractivity contribution in [2.45, 2.75) is 39.8 Å². The molecule has 10 nitrogen and oxygen atoms in total. The highest BCUT2D eigenvalue weighted by atomic mass is 16.5. The Morgan fingerprint density at radius 2 is 1.84 bits per heavy atom. The molecular weight excluding hydrogens is 406 g/mol. The van der Waals surface area contributed by atoms with Gasteiger partial charge in [-0.25, -0.2) is 9.59 Å². The molecule has 0 aliphatic rings. The Morgan fingerprint density at radius 3 is 2.42 bits per heavy atom. The first-order valence-corrected chi connectivity index (χ1v) is 9.76. The molecule has 0 spiro atoms. The van der Waals surface area contributed by atoms with Crippen LogP contribution >= 0.6 is 0 Å². The fraction of sp³-hybridized carbons (Fsp3) is 0.429. The second-order valence-electron chi connectivity index (χ2n) is 7.09. The zero-order valence-corrected chi connectivity index (χ0v) is 18.3. The van der Waals surface area contributed by atoms with E-state index in [1.165, 1.54) is 26.3 Å². The number of nitrogens with two attached hydrogens (primary N) is 1. The summed E-state index contributed by atoms with van der Waals surface area (Å²) in [5, 5.41) is 0. The number of ether oxygens (including phenoxy) is 3. The first kappa shape index (κ1) is 23.7. The van der Waals surface area contributed by atoms with Crippen LogP contribution in [-0.2, 0) is 18.3 Å². The molecule has 0 atom stereocenters. The summed E-state index contributed by atoms with van der Waals surface area (Å²) in [6.07, 6.45) is 0.483. The summed E-state index contributed by atoms with van der Waals surface area (Å²) in [6, 6.07) is 4.47. The van der Waals surface area contributed by atoms with Crippen molar-refractivity contribution in [2.24, 2.45) is 7.05 Å². The van der Waals surface area contributed by atoms with Crippen LogP contribution in [0, 0.1) is 0 Å². The third-order valence-corrected chi connectivity index (χ3v) is 4.41. The summed E-state index contributed by atoms with van der Waals surface area (Å²) in [6.45, 7) is 5.06. The number of methoxy groups -OCH3 is 1. The van der Waals surface area contributed by atoms with Crippen molar-refractivity contribution < 1.29 is 23.8 Å². The number of ketones is 1. The van der Waals surface area contributed by atoms with Crippen LogP contribution < -0.4 is 26.5 Å². The van der Waals surface area contributed by atoms with Gasteiger partial charge < -0.3 is 19.9 Å². The van der Waals surface area contributed by atoms with E-state index in [1.807, 2.05) is 20.8 Å². The molecule has 0 unspecified atom stereocenters. The summed E-state index contributed by atoms with van der Waals surface area (Å²) < 4.78 is 17.8. The average molecular weight is 433 g/mol. The van der Waals surface area contributed by atoms with Gasteiger partial charge in [-0.2, -0.15) is 0 Å². The minimum Gasteiger partial charge on any atom is -0.493 e. The highest BCUT2D eigenvalue weighted by Crippen LogP contribution is 2.29. The van der Waals surface area contributed by atoms with Crippen molar-refractivity contribution in [3.8, 4) is 11.5 Å². The van der Waals surface area contributed by atoms with Crippen LogP contribution in [0.2, 0.25) is 0 Å². The second-order valence-corrected chi connectivity index (χ2v) is 7.09. The van der Waals surface area contributed by atoms with Gasteiger partial charge in [0.25, 0.3) is 5.56 Å². The molecule has 1 heterocycles. The molecule has 2 rings (SSSR count). The molecule has 0 radical (unpaired) electrons. The van der Waals surface area contributed by atoms with Gasteiger partial charge in [0.1, 0.15) is 11.4 Å². The van der Waals surface area contributed by atoms with Gasteiger partial charge in [-0.1, -0.05) is 6.92 Å². The first-order chi connectivity index (χ1) is 14.6. The summed E-state index contributed by atoms with van der Waals surface area (Å²) in [5.41, 5.74) is 4.20. The molecule has 168 valence electrons. The monoisotopic (exact) mass is 433 g/mol. The van der Waals surface area contributed by atoms with Crippen molar-refractivity contribution in [2.75, 3.05) is 19.5 Å². The number of benzene rings is 1. The minimum absolute atomic E-state index is 0.0895. The third-order valence-electron chi connectivity index (χ3n) is 4.41. The van der Waals surface area contributed by atoms with Gasteiger partial charge in [-0.3, -0.25) is 18.7 Å². The quantitative estimate of drug-likeness (QED) is 0.463. The number of Topliss-reactive ketones (excluding diaryl/α,β-unsaturated/α-hetero) is 1. The van der Waals surface area contributed by atoms with E-state index < -0.39 is 29.6 Å². The van der Waals surface area contributed by atoms with Crippen LogP contribution in [0.3, 0.4) is 0 Å². The van der Waals surface area contributed by atoms with E-state index in [0.29, 0.717) is 17.9 Å². The van der Waals surface area contributed by atoms with Gasteiger partial charge in [0.15, 0.2) is 18.1 Å². The number of carbonyl (C=O) groups excluding carboxylic acids is 2. The number of aromatic nitrogens is 2. The van der Waals surface area contributed by atoms with Crippen LogP contribution in [-0.4, -0.2) is 40.7 Å². The Morgan fingerprint density at radius 1 is 1.16 bits per heavy atom. The normalized spacial score (nSPS) is 10.8. The lowest BCUT2D eigenvalue weighted by atomic mass is 10.2. The number of esters is 1. The third kappa shape index (κ3) is 5.14. The van der Waals surface area contributed by atoms with Gasteiger partial charge in [-0.15, -0.1) is 0 Å². The van der Waals surface area contributed by atoms with Gasteiger partial charge in [-0.05, 0) is 38.5 Å². The molecule has 10 heteroatoms. The van der Waals surface area contributed by atoms with Crippen molar-refractivity contribution >= 4 is 17.6 Å². The molecule has 1 aromatic heterocycles. The van der Waals surface area contributed by atoms with Gasteiger partial charge in [0.2, 0.25) is 5.78 Å². The van der Waals surface area contributed by atoms with Crippen LogP contribution in [0.5, 0.6) is 11.5 Å². The van der Waals surface area contributed by atoms with E-state index in [1.54, 1.807) is 6.07 Å². The van der Waals surface area contributed by atoms with E-state index in [4.69, 9.17) is 19.9 Å². The van der Waals surface area contributed by atoms with E-state index >= 15 is 0 Å². The first-order valence-electron chi connectivity index (χ1n) is 9.76. The molecule has 1 aromatic carbocycles. The fourth-order valence-electron chi connectivity index (χ4n) is 2.92. The summed E-state index contributed by atoms with van der Waals surface area (Å²) >= 11 is 0. The van der Waals surface area contributed by atoms with E-state index in [-0.39, 0.29) is 29.6 Å². The Labute approximate surface area is 179 Å². The highest BCUT2D eigenvalue weighted by molar-refractivity contribution is 6.02. The lowest BCUT2D eigenvalue weighted by Gasteiger charge is -2.15.